The van der Waals surface area contributed by atoms with Crippen LogP contribution in [0.4, 0.5) is 0 Å². The topological polar surface area (TPSA) is 86.3 Å². The lowest BCUT2D eigenvalue weighted by Crippen LogP contribution is -2.31. The monoisotopic (exact) mass is 279 g/mol. The molecule has 2 aromatic heterocycles. The highest BCUT2D eigenvalue weighted by atomic mass is 32.1. The molecular formula is C12H13N3O3S. The van der Waals surface area contributed by atoms with Crippen LogP contribution in [0.5, 0.6) is 0 Å². The van der Waals surface area contributed by atoms with Crippen LogP contribution in [0.2, 0.25) is 0 Å². The highest BCUT2D eigenvalue weighted by Crippen LogP contribution is 2.14. The normalized spacial score (nSPS) is 11.0. The minimum absolute atomic E-state index is 0.128. The number of nitrogens with one attached hydrogen (secondary N) is 1. The second kappa shape index (κ2) is 5.77. The molecule has 0 atom stereocenters. The maximum atomic E-state index is 11.8. The van der Waals surface area contributed by atoms with E-state index in [4.69, 9.17) is 5.11 Å². The van der Waals surface area contributed by atoms with Gasteiger partial charge in [-0.3, -0.25) is 14.5 Å². The number of H-pyrrole nitrogens is 1. The largest absolute Gasteiger partial charge is 0.480 e. The molecule has 7 heteroatoms. The molecule has 2 heterocycles. The SMILES string of the molecule is C=CCN(CC(=O)O)Cc1nc2ccsc2c(=O)[nH]1. The van der Waals surface area contributed by atoms with Crippen LogP contribution < -0.4 is 5.56 Å². The van der Waals surface area contributed by atoms with Crippen LogP contribution in [-0.4, -0.2) is 39.0 Å². The summed E-state index contributed by atoms with van der Waals surface area (Å²) < 4.78 is 0.581. The fraction of sp³-hybridized carbons (Fsp3) is 0.250. The highest BCUT2D eigenvalue weighted by Gasteiger charge is 2.12. The van der Waals surface area contributed by atoms with E-state index in [2.05, 4.69) is 16.5 Å². The molecule has 0 saturated heterocycles. The number of carboxylic acid groups (broad SMARTS) is 1. The fourth-order valence-corrected chi connectivity index (χ4v) is 2.49. The summed E-state index contributed by atoms with van der Waals surface area (Å²) in [6.45, 7) is 4.13. The second-order valence-corrected chi connectivity index (χ2v) is 4.92. The Bertz CT molecular complexity index is 662. The summed E-state index contributed by atoms with van der Waals surface area (Å²) in [4.78, 5) is 31.1. The summed E-state index contributed by atoms with van der Waals surface area (Å²) in [5.74, 6) is -0.472. The van der Waals surface area contributed by atoms with Gasteiger partial charge in [0.25, 0.3) is 5.56 Å². The Hall–Kier alpha value is -1.99. The van der Waals surface area contributed by atoms with Crippen molar-refractivity contribution >= 4 is 27.5 Å². The van der Waals surface area contributed by atoms with Crippen LogP contribution in [0, 0.1) is 0 Å². The molecule has 0 saturated carbocycles. The highest BCUT2D eigenvalue weighted by molar-refractivity contribution is 7.17. The summed E-state index contributed by atoms with van der Waals surface area (Å²) in [6, 6.07) is 1.77. The molecule has 19 heavy (non-hydrogen) atoms. The van der Waals surface area contributed by atoms with Crippen molar-refractivity contribution in [3.8, 4) is 0 Å². The van der Waals surface area contributed by atoms with E-state index >= 15 is 0 Å². The lowest BCUT2D eigenvalue weighted by Gasteiger charge is -2.17. The number of aliphatic carboxylic acids is 1. The molecule has 2 N–H and O–H groups in total. The maximum Gasteiger partial charge on any atom is 0.317 e. The molecule has 0 spiro atoms. The Morgan fingerprint density at radius 3 is 3.11 bits per heavy atom. The van der Waals surface area contributed by atoms with Crippen molar-refractivity contribution in [3.05, 3.63) is 40.3 Å². The number of carboxylic acids is 1. The van der Waals surface area contributed by atoms with Gasteiger partial charge in [0.05, 0.1) is 18.6 Å². The summed E-state index contributed by atoms with van der Waals surface area (Å²) in [5, 5.41) is 10.6. The number of aromatic amines is 1. The van der Waals surface area contributed by atoms with E-state index in [1.165, 1.54) is 11.3 Å². The van der Waals surface area contributed by atoms with Crippen molar-refractivity contribution < 1.29 is 9.90 Å². The predicted molar refractivity (Wildman–Crippen MR) is 73.4 cm³/mol. The van der Waals surface area contributed by atoms with E-state index in [0.29, 0.717) is 22.6 Å². The first-order chi connectivity index (χ1) is 9.10. The summed E-state index contributed by atoms with van der Waals surface area (Å²) in [7, 11) is 0. The molecule has 0 radical (unpaired) electrons. The van der Waals surface area contributed by atoms with Crippen molar-refractivity contribution in [2.24, 2.45) is 0 Å². The van der Waals surface area contributed by atoms with E-state index in [1.54, 1.807) is 22.4 Å². The van der Waals surface area contributed by atoms with Gasteiger partial charge < -0.3 is 10.1 Å². The Morgan fingerprint density at radius 1 is 1.63 bits per heavy atom. The van der Waals surface area contributed by atoms with Gasteiger partial charge in [0.2, 0.25) is 0 Å². The third kappa shape index (κ3) is 3.27. The van der Waals surface area contributed by atoms with Crippen LogP contribution >= 0.6 is 11.3 Å². The quantitative estimate of drug-likeness (QED) is 0.772. The van der Waals surface area contributed by atoms with Crippen molar-refractivity contribution in [1.29, 1.82) is 0 Å². The van der Waals surface area contributed by atoms with Gasteiger partial charge in [0.15, 0.2) is 0 Å². The molecular weight excluding hydrogens is 266 g/mol. The van der Waals surface area contributed by atoms with Gasteiger partial charge >= 0.3 is 5.97 Å². The minimum Gasteiger partial charge on any atom is -0.480 e. The summed E-state index contributed by atoms with van der Waals surface area (Å²) >= 11 is 1.33. The van der Waals surface area contributed by atoms with Gasteiger partial charge in [-0.1, -0.05) is 6.08 Å². The number of rotatable bonds is 6. The summed E-state index contributed by atoms with van der Waals surface area (Å²) in [6.07, 6.45) is 1.62. The Morgan fingerprint density at radius 2 is 2.42 bits per heavy atom. The summed E-state index contributed by atoms with van der Waals surface area (Å²) in [5.41, 5.74) is 0.446. The number of carbonyl (C=O) groups is 1. The number of thiophene rings is 1. The molecule has 2 rings (SSSR count). The average molecular weight is 279 g/mol. The molecule has 0 aliphatic carbocycles. The lowest BCUT2D eigenvalue weighted by molar-refractivity contribution is -0.138. The zero-order chi connectivity index (χ0) is 13.8. The first-order valence-corrected chi connectivity index (χ1v) is 6.49. The molecule has 6 nitrogen and oxygen atoms in total. The second-order valence-electron chi connectivity index (χ2n) is 4.00. The minimum atomic E-state index is -0.930. The van der Waals surface area contributed by atoms with Gasteiger partial charge in [0.1, 0.15) is 10.5 Å². The van der Waals surface area contributed by atoms with Crippen LogP contribution in [0.1, 0.15) is 5.82 Å². The van der Waals surface area contributed by atoms with Crippen LogP contribution in [0.3, 0.4) is 0 Å². The van der Waals surface area contributed by atoms with Crippen LogP contribution in [0.15, 0.2) is 28.9 Å². The third-order valence-corrected chi connectivity index (χ3v) is 3.39. The van der Waals surface area contributed by atoms with Gasteiger partial charge in [0, 0.05) is 6.54 Å². The molecule has 0 amide bonds. The zero-order valence-corrected chi connectivity index (χ0v) is 10.9. The van der Waals surface area contributed by atoms with Crippen LogP contribution in [0.25, 0.3) is 10.2 Å². The predicted octanol–water partition coefficient (Wildman–Crippen LogP) is 1.06. The van der Waals surface area contributed by atoms with Gasteiger partial charge in [-0.05, 0) is 11.4 Å². The first-order valence-electron chi connectivity index (χ1n) is 5.61. The van der Waals surface area contributed by atoms with Crippen molar-refractivity contribution in [3.63, 3.8) is 0 Å². The van der Waals surface area contributed by atoms with E-state index in [9.17, 15) is 9.59 Å². The third-order valence-electron chi connectivity index (χ3n) is 2.48. The number of hydrogen-bond acceptors (Lipinski definition) is 5. The van der Waals surface area contributed by atoms with Gasteiger partial charge in [-0.2, -0.15) is 0 Å². The molecule has 0 unspecified atom stereocenters. The van der Waals surface area contributed by atoms with E-state index in [0.717, 1.165) is 0 Å². The molecule has 0 aliphatic rings. The fourth-order valence-electron chi connectivity index (χ4n) is 1.77. The Kier molecular flexibility index (Phi) is 4.08. The number of nitrogens with zero attached hydrogens (tertiary/aromatic N) is 2. The van der Waals surface area contributed by atoms with Crippen molar-refractivity contribution in [2.45, 2.75) is 6.54 Å². The Balaban J connectivity index is 2.25. The molecule has 0 aliphatic heterocycles. The Labute approximate surface area is 113 Å². The number of fused-ring (bicyclic) bond motifs is 1. The van der Waals surface area contributed by atoms with Crippen LogP contribution in [-0.2, 0) is 11.3 Å². The standard InChI is InChI=1S/C12H13N3O3S/c1-2-4-15(7-10(16)17)6-9-13-8-3-5-19-11(8)12(18)14-9/h2-3,5H,1,4,6-7H2,(H,16,17)(H,13,14,18). The molecule has 100 valence electrons. The number of hydrogen-bond donors (Lipinski definition) is 2. The molecule has 0 aromatic carbocycles. The van der Waals surface area contributed by atoms with E-state index < -0.39 is 5.97 Å². The zero-order valence-electron chi connectivity index (χ0n) is 10.1. The smallest absolute Gasteiger partial charge is 0.317 e. The molecule has 2 aromatic rings. The van der Waals surface area contributed by atoms with Crippen molar-refractivity contribution in [1.82, 2.24) is 14.9 Å². The van der Waals surface area contributed by atoms with E-state index in [-0.39, 0.29) is 18.6 Å². The number of aromatic nitrogens is 2. The first kappa shape index (κ1) is 13.4. The van der Waals surface area contributed by atoms with Gasteiger partial charge in [-0.25, -0.2) is 4.98 Å². The van der Waals surface area contributed by atoms with E-state index in [1.807, 2.05) is 0 Å². The molecule has 0 fully saturated rings. The lowest BCUT2D eigenvalue weighted by atomic mass is 10.4. The van der Waals surface area contributed by atoms with Crippen molar-refractivity contribution in [2.75, 3.05) is 13.1 Å². The van der Waals surface area contributed by atoms with Gasteiger partial charge in [-0.15, -0.1) is 17.9 Å². The maximum absolute atomic E-state index is 11.8. The average Bonchev–Trinajstić information content (AvgIpc) is 2.77. The molecule has 0 bridgehead atoms.